The van der Waals surface area contributed by atoms with Crippen LogP contribution in [0.2, 0.25) is 0 Å². The molecule has 1 heterocycles. The number of unbranched alkanes of at least 4 members (excludes halogenated alkanes) is 1. The Hall–Kier alpha value is -2.49. The van der Waals surface area contributed by atoms with Crippen molar-refractivity contribution < 1.29 is 9.84 Å². The quantitative estimate of drug-likeness (QED) is 0.692. The Kier molecular flexibility index (Phi) is 3.77. The molecule has 3 rings (SSSR count). The number of nitrogens with zero attached hydrogens (tertiary/aromatic N) is 1. The van der Waals surface area contributed by atoms with Crippen LogP contribution in [-0.2, 0) is 0 Å². The van der Waals surface area contributed by atoms with Crippen molar-refractivity contribution in [3.63, 3.8) is 0 Å². The molecule has 0 radical (unpaired) electrons. The van der Waals surface area contributed by atoms with Crippen LogP contribution in [0.1, 0.15) is 19.8 Å². The summed E-state index contributed by atoms with van der Waals surface area (Å²) in [7, 11) is 0. The topological polar surface area (TPSA) is 58.1 Å². The maximum Gasteiger partial charge on any atom is 0.138 e. The maximum absolute atomic E-state index is 9.48. The van der Waals surface area contributed by atoms with Crippen molar-refractivity contribution in [2.45, 2.75) is 19.8 Å². The van der Waals surface area contributed by atoms with Gasteiger partial charge in [0.25, 0.3) is 0 Å². The molecule has 0 spiro atoms. The van der Waals surface area contributed by atoms with E-state index in [0.717, 1.165) is 47.6 Å². The van der Waals surface area contributed by atoms with Crippen LogP contribution in [0.3, 0.4) is 0 Å². The number of benzene rings is 2. The van der Waals surface area contributed by atoms with Crippen LogP contribution in [0.15, 0.2) is 42.5 Å². The lowest BCUT2D eigenvalue weighted by molar-refractivity contribution is 0.309. The average molecular weight is 282 g/mol. The first-order chi connectivity index (χ1) is 10.3. The number of aromatic amines is 1. The van der Waals surface area contributed by atoms with E-state index in [1.54, 1.807) is 18.2 Å². The molecule has 0 aliphatic rings. The number of hydrogen-bond acceptors (Lipinski definition) is 3. The van der Waals surface area contributed by atoms with Gasteiger partial charge in [-0.15, -0.1) is 0 Å². The van der Waals surface area contributed by atoms with E-state index < -0.39 is 0 Å². The summed E-state index contributed by atoms with van der Waals surface area (Å²) in [4.78, 5) is 7.73. The van der Waals surface area contributed by atoms with E-state index in [2.05, 4.69) is 16.9 Å². The van der Waals surface area contributed by atoms with E-state index in [0.29, 0.717) is 0 Å². The zero-order valence-electron chi connectivity index (χ0n) is 12.0. The van der Waals surface area contributed by atoms with Gasteiger partial charge >= 0.3 is 0 Å². The Bertz CT molecular complexity index is 732. The molecule has 0 aliphatic heterocycles. The largest absolute Gasteiger partial charge is 0.508 e. The van der Waals surface area contributed by atoms with Gasteiger partial charge in [-0.25, -0.2) is 4.98 Å². The highest BCUT2D eigenvalue weighted by Crippen LogP contribution is 2.24. The highest BCUT2D eigenvalue weighted by molar-refractivity contribution is 5.80. The number of H-pyrrole nitrogens is 1. The van der Waals surface area contributed by atoms with Crippen LogP contribution in [0.25, 0.3) is 22.4 Å². The number of imidazole rings is 1. The summed E-state index contributed by atoms with van der Waals surface area (Å²) in [6, 6.07) is 13.0. The highest BCUT2D eigenvalue weighted by atomic mass is 16.5. The molecular formula is C17H18N2O2. The van der Waals surface area contributed by atoms with Crippen LogP contribution in [-0.4, -0.2) is 21.7 Å². The summed E-state index contributed by atoms with van der Waals surface area (Å²) in [5.74, 6) is 1.90. The number of nitrogens with one attached hydrogen (secondary N) is 1. The number of phenols is 1. The second-order valence-electron chi connectivity index (χ2n) is 5.01. The normalized spacial score (nSPS) is 10.9. The third-order valence-electron chi connectivity index (χ3n) is 3.36. The molecular weight excluding hydrogens is 264 g/mol. The Labute approximate surface area is 123 Å². The molecule has 0 saturated heterocycles. The van der Waals surface area contributed by atoms with Crippen molar-refractivity contribution in [2.24, 2.45) is 0 Å². The summed E-state index contributed by atoms with van der Waals surface area (Å²) in [5.41, 5.74) is 2.66. The summed E-state index contributed by atoms with van der Waals surface area (Å²) < 4.78 is 5.65. The van der Waals surface area contributed by atoms with Gasteiger partial charge in [0.1, 0.15) is 17.3 Å². The summed E-state index contributed by atoms with van der Waals surface area (Å²) in [6.07, 6.45) is 2.19. The highest BCUT2D eigenvalue weighted by Gasteiger charge is 2.06. The predicted molar refractivity (Wildman–Crippen MR) is 83.6 cm³/mol. The predicted octanol–water partition coefficient (Wildman–Crippen LogP) is 4.11. The first kappa shape index (κ1) is 13.5. The third kappa shape index (κ3) is 2.99. The van der Waals surface area contributed by atoms with Crippen LogP contribution in [0, 0.1) is 0 Å². The lowest BCUT2D eigenvalue weighted by atomic mass is 10.2. The van der Waals surface area contributed by atoms with Gasteiger partial charge in [-0.2, -0.15) is 0 Å². The second-order valence-corrected chi connectivity index (χ2v) is 5.01. The van der Waals surface area contributed by atoms with Gasteiger partial charge < -0.3 is 14.8 Å². The van der Waals surface area contributed by atoms with Gasteiger partial charge in [-0.1, -0.05) is 13.3 Å². The standard InChI is InChI=1S/C17H18N2O2/c1-2-3-10-21-14-7-4-12(5-8-14)17-18-15-9-6-13(20)11-16(15)19-17/h4-9,11,20H,2-3,10H2,1H3,(H,18,19). The van der Waals surface area contributed by atoms with Crippen molar-refractivity contribution in [1.29, 1.82) is 0 Å². The smallest absolute Gasteiger partial charge is 0.138 e. The number of phenolic OH excluding ortho intramolecular Hbond substituents is 1. The van der Waals surface area contributed by atoms with Crippen molar-refractivity contribution in [1.82, 2.24) is 9.97 Å². The van der Waals surface area contributed by atoms with E-state index in [1.807, 2.05) is 24.3 Å². The lowest BCUT2D eigenvalue weighted by Gasteiger charge is -2.05. The fourth-order valence-corrected chi connectivity index (χ4v) is 2.18. The number of fused-ring (bicyclic) bond motifs is 1. The van der Waals surface area contributed by atoms with E-state index in [9.17, 15) is 5.11 Å². The molecule has 2 N–H and O–H groups in total. The number of hydrogen-bond donors (Lipinski definition) is 2. The van der Waals surface area contributed by atoms with E-state index in [1.165, 1.54) is 0 Å². The minimum absolute atomic E-state index is 0.234. The van der Waals surface area contributed by atoms with Crippen LogP contribution < -0.4 is 4.74 Å². The molecule has 4 nitrogen and oxygen atoms in total. The number of aromatic hydroxyl groups is 1. The van der Waals surface area contributed by atoms with Gasteiger partial charge in [0, 0.05) is 11.6 Å². The summed E-state index contributed by atoms with van der Waals surface area (Å²) >= 11 is 0. The monoisotopic (exact) mass is 282 g/mol. The van der Waals surface area contributed by atoms with Crippen molar-refractivity contribution in [3.05, 3.63) is 42.5 Å². The Balaban J connectivity index is 1.81. The lowest BCUT2D eigenvalue weighted by Crippen LogP contribution is -1.95. The van der Waals surface area contributed by atoms with Gasteiger partial charge in [-0.3, -0.25) is 0 Å². The van der Waals surface area contributed by atoms with Crippen molar-refractivity contribution in [2.75, 3.05) is 6.61 Å². The molecule has 4 heteroatoms. The van der Waals surface area contributed by atoms with Crippen molar-refractivity contribution >= 4 is 11.0 Å². The molecule has 108 valence electrons. The molecule has 21 heavy (non-hydrogen) atoms. The Morgan fingerprint density at radius 2 is 1.95 bits per heavy atom. The zero-order valence-corrected chi connectivity index (χ0v) is 12.0. The molecule has 0 amide bonds. The van der Waals surface area contributed by atoms with Crippen LogP contribution in [0.4, 0.5) is 0 Å². The van der Waals surface area contributed by atoms with Crippen LogP contribution >= 0.6 is 0 Å². The number of rotatable bonds is 5. The molecule has 0 unspecified atom stereocenters. The molecule has 2 aromatic carbocycles. The SMILES string of the molecule is CCCCOc1ccc(-c2nc3ccc(O)cc3[nH]2)cc1. The van der Waals surface area contributed by atoms with Gasteiger partial charge in [0.15, 0.2) is 0 Å². The molecule has 0 atom stereocenters. The third-order valence-corrected chi connectivity index (χ3v) is 3.36. The zero-order chi connectivity index (χ0) is 14.7. The van der Waals surface area contributed by atoms with E-state index >= 15 is 0 Å². The fraction of sp³-hybridized carbons (Fsp3) is 0.235. The second kappa shape index (κ2) is 5.87. The molecule has 0 saturated carbocycles. The van der Waals surface area contributed by atoms with Gasteiger partial charge in [-0.05, 0) is 42.8 Å². The first-order valence-corrected chi connectivity index (χ1v) is 7.18. The molecule has 1 aromatic heterocycles. The average Bonchev–Trinajstić information content (AvgIpc) is 2.91. The minimum atomic E-state index is 0.234. The molecule has 0 fully saturated rings. The Morgan fingerprint density at radius 3 is 2.71 bits per heavy atom. The number of ether oxygens (including phenoxy) is 1. The summed E-state index contributed by atoms with van der Waals surface area (Å²) in [6.45, 7) is 2.89. The maximum atomic E-state index is 9.48. The van der Waals surface area contributed by atoms with Crippen LogP contribution in [0.5, 0.6) is 11.5 Å². The van der Waals surface area contributed by atoms with E-state index in [4.69, 9.17) is 4.74 Å². The Morgan fingerprint density at radius 1 is 1.14 bits per heavy atom. The summed E-state index contributed by atoms with van der Waals surface area (Å²) in [5, 5.41) is 9.48. The first-order valence-electron chi connectivity index (χ1n) is 7.18. The van der Waals surface area contributed by atoms with Crippen molar-refractivity contribution in [3.8, 4) is 22.9 Å². The minimum Gasteiger partial charge on any atom is -0.508 e. The van der Waals surface area contributed by atoms with E-state index in [-0.39, 0.29) is 5.75 Å². The fourth-order valence-electron chi connectivity index (χ4n) is 2.18. The molecule has 0 bridgehead atoms. The molecule has 0 aliphatic carbocycles. The van der Waals surface area contributed by atoms with Gasteiger partial charge in [0.05, 0.1) is 17.6 Å². The van der Waals surface area contributed by atoms with Gasteiger partial charge in [0.2, 0.25) is 0 Å². The number of aromatic nitrogens is 2. The molecule has 3 aromatic rings.